The second kappa shape index (κ2) is 5.71. The summed E-state index contributed by atoms with van der Waals surface area (Å²) in [5.41, 5.74) is -0.401. The third-order valence-electron chi connectivity index (χ3n) is 3.62. The summed E-state index contributed by atoms with van der Waals surface area (Å²) in [6.07, 6.45) is 0.0130. The number of thiazole rings is 1. The number of H-pyrrole nitrogens is 1. The van der Waals surface area contributed by atoms with Gasteiger partial charge in [-0.25, -0.2) is 4.98 Å². The number of nitrogens with zero attached hydrogens (tertiary/aromatic N) is 3. The Morgan fingerprint density at radius 1 is 1.45 bits per heavy atom. The first-order chi connectivity index (χ1) is 10.4. The van der Waals surface area contributed by atoms with Crippen LogP contribution in [0.2, 0.25) is 0 Å². The summed E-state index contributed by atoms with van der Waals surface area (Å²) in [4.78, 5) is 17.6. The average molecular weight is 330 g/mol. The van der Waals surface area contributed by atoms with Crippen molar-refractivity contribution in [2.45, 2.75) is 24.9 Å². The first kappa shape index (κ1) is 15.0. The van der Waals surface area contributed by atoms with Crippen molar-refractivity contribution in [3.8, 4) is 0 Å². The maximum Gasteiger partial charge on any atom is 0.434 e. The van der Waals surface area contributed by atoms with E-state index in [0.717, 1.165) is 29.6 Å². The molecule has 3 rings (SSSR count). The summed E-state index contributed by atoms with van der Waals surface area (Å²) >= 11 is 1.01. The largest absolute Gasteiger partial charge is 0.434 e. The Bertz CT molecular complexity index is 653. The lowest BCUT2D eigenvalue weighted by molar-refractivity contribution is -0.140. The van der Waals surface area contributed by atoms with Crippen molar-refractivity contribution in [3.05, 3.63) is 34.0 Å². The number of hydrogen-bond acceptors (Lipinski definition) is 4. The number of carbonyl (C=O) groups is 1. The van der Waals surface area contributed by atoms with Crippen molar-refractivity contribution in [1.29, 1.82) is 0 Å². The van der Waals surface area contributed by atoms with Crippen LogP contribution in [0.1, 0.15) is 39.8 Å². The molecule has 5 nitrogen and oxygen atoms in total. The molecule has 2 aromatic heterocycles. The summed E-state index contributed by atoms with van der Waals surface area (Å²) < 4.78 is 37.9. The standard InChI is InChI=1S/C13H13F3N4OS/c14-13(15,16)10-7-22-11(19-10)8-2-1-3-20(6-8)12(21)9-4-17-18-5-9/h4-5,7-8H,1-3,6H2,(H,17,18)/t8-/m0/s1. The summed E-state index contributed by atoms with van der Waals surface area (Å²) in [5, 5.41) is 7.79. The smallest absolute Gasteiger partial charge is 0.338 e. The number of halogens is 3. The molecule has 0 aliphatic carbocycles. The SMILES string of the molecule is O=C(c1cn[nH]c1)N1CCC[C@H](c2nc(C(F)(F)F)cs2)C1. The van der Waals surface area contributed by atoms with Gasteiger partial charge in [0.2, 0.25) is 0 Å². The molecule has 1 N–H and O–H groups in total. The Hall–Kier alpha value is -1.90. The second-order valence-corrected chi connectivity index (χ2v) is 6.04. The van der Waals surface area contributed by atoms with E-state index in [4.69, 9.17) is 0 Å². The first-order valence-electron chi connectivity index (χ1n) is 6.76. The lowest BCUT2D eigenvalue weighted by Crippen LogP contribution is -2.39. The molecule has 0 unspecified atom stereocenters. The first-order valence-corrected chi connectivity index (χ1v) is 7.64. The molecule has 2 aromatic rings. The zero-order chi connectivity index (χ0) is 15.7. The van der Waals surface area contributed by atoms with Gasteiger partial charge in [-0.15, -0.1) is 11.3 Å². The van der Waals surface area contributed by atoms with Gasteiger partial charge in [0.25, 0.3) is 5.91 Å². The van der Waals surface area contributed by atoms with Gasteiger partial charge in [0, 0.05) is 30.6 Å². The van der Waals surface area contributed by atoms with Crippen LogP contribution in [0.5, 0.6) is 0 Å². The van der Waals surface area contributed by atoms with Crippen molar-refractivity contribution >= 4 is 17.2 Å². The van der Waals surface area contributed by atoms with Crippen LogP contribution in [0.3, 0.4) is 0 Å². The topological polar surface area (TPSA) is 61.9 Å². The Morgan fingerprint density at radius 3 is 2.91 bits per heavy atom. The Labute approximate surface area is 128 Å². The molecule has 0 bridgehead atoms. The van der Waals surface area contributed by atoms with Crippen molar-refractivity contribution in [2.24, 2.45) is 0 Å². The van der Waals surface area contributed by atoms with Crippen LogP contribution < -0.4 is 0 Å². The monoisotopic (exact) mass is 330 g/mol. The highest BCUT2D eigenvalue weighted by molar-refractivity contribution is 7.09. The summed E-state index contributed by atoms with van der Waals surface area (Å²) in [7, 11) is 0. The van der Waals surface area contributed by atoms with Crippen LogP contribution in [0.4, 0.5) is 13.2 Å². The zero-order valence-electron chi connectivity index (χ0n) is 11.4. The van der Waals surface area contributed by atoms with Crippen LogP contribution in [-0.2, 0) is 6.18 Å². The van der Waals surface area contributed by atoms with Gasteiger partial charge in [0.05, 0.1) is 16.8 Å². The van der Waals surface area contributed by atoms with E-state index in [-0.39, 0.29) is 11.8 Å². The Morgan fingerprint density at radius 2 is 2.27 bits per heavy atom. The molecule has 0 saturated carbocycles. The van der Waals surface area contributed by atoms with E-state index in [1.54, 1.807) is 4.90 Å². The Kier molecular flexibility index (Phi) is 3.90. The van der Waals surface area contributed by atoms with E-state index in [1.807, 2.05) is 0 Å². The molecule has 1 aliphatic heterocycles. The van der Waals surface area contributed by atoms with Crippen LogP contribution in [0, 0.1) is 0 Å². The quantitative estimate of drug-likeness (QED) is 0.921. The third-order valence-corrected chi connectivity index (χ3v) is 4.62. The van der Waals surface area contributed by atoms with Gasteiger partial charge in [-0.05, 0) is 12.8 Å². The fourth-order valence-electron chi connectivity index (χ4n) is 2.52. The number of aromatic nitrogens is 3. The van der Waals surface area contributed by atoms with Crippen molar-refractivity contribution < 1.29 is 18.0 Å². The number of nitrogens with one attached hydrogen (secondary N) is 1. The number of alkyl halides is 3. The highest BCUT2D eigenvalue weighted by Crippen LogP contribution is 2.35. The van der Waals surface area contributed by atoms with Gasteiger partial charge in [0.15, 0.2) is 5.69 Å². The van der Waals surface area contributed by atoms with Crippen molar-refractivity contribution in [3.63, 3.8) is 0 Å². The van der Waals surface area contributed by atoms with Gasteiger partial charge in [-0.1, -0.05) is 0 Å². The maximum atomic E-state index is 12.6. The zero-order valence-corrected chi connectivity index (χ0v) is 12.2. The summed E-state index contributed by atoms with van der Waals surface area (Å²) in [6, 6.07) is 0. The molecule has 1 amide bonds. The molecule has 0 radical (unpaired) electrons. The van der Waals surface area contributed by atoms with Crippen molar-refractivity contribution in [2.75, 3.05) is 13.1 Å². The predicted molar refractivity (Wildman–Crippen MR) is 73.6 cm³/mol. The number of piperidine rings is 1. The molecule has 1 atom stereocenters. The van der Waals surface area contributed by atoms with Crippen LogP contribution >= 0.6 is 11.3 Å². The average Bonchev–Trinajstić information content (AvgIpc) is 3.17. The molecule has 1 saturated heterocycles. The number of aromatic amines is 1. The van der Waals surface area contributed by atoms with E-state index >= 15 is 0 Å². The van der Waals surface area contributed by atoms with Gasteiger partial charge < -0.3 is 4.90 Å². The van der Waals surface area contributed by atoms with Gasteiger partial charge in [0.1, 0.15) is 0 Å². The highest BCUT2D eigenvalue weighted by Gasteiger charge is 2.35. The molecule has 1 aliphatic rings. The molecule has 0 aromatic carbocycles. The summed E-state index contributed by atoms with van der Waals surface area (Å²) in [5.74, 6) is -0.309. The van der Waals surface area contributed by atoms with E-state index in [9.17, 15) is 18.0 Å². The van der Waals surface area contributed by atoms with Crippen molar-refractivity contribution in [1.82, 2.24) is 20.1 Å². The van der Waals surface area contributed by atoms with E-state index in [0.29, 0.717) is 23.7 Å². The third kappa shape index (κ3) is 2.99. The van der Waals surface area contributed by atoms with Gasteiger partial charge >= 0.3 is 6.18 Å². The summed E-state index contributed by atoms with van der Waals surface area (Å²) in [6.45, 7) is 0.979. The predicted octanol–water partition coefficient (Wildman–Crippen LogP) is 2.90. The molecule has 3 heterocycles. The minimum Gasteiger partial charge on any atom is -0.338 e. The van der Waals surface area contributed by atoms with E-state index in [1.165, 1.54) is 12.4 Å². The number of carbonyl (C=O) groups excluding carboxylic acids is 1. The molecule has 1 fully saturated rings. The van der Waals surface area contributed by atoms with Crippen LogP contribution in [0.15, 0.2) is 17.8 Å². The lowest BCUT2D eigenvalue weighted by atomic mass is 9.98. The molecular weight excluding hydrogens is 317 g/mol. The minimum absolute atomic E-state index is 0.147. The molecule has 118 valence electrons. The van der Waals surface area contributed by atoms with Gasteiger partial charge in [-0.2, -0.15) is 18.3 Å². The molecule has 9 heteroatoms. The second-order valence-electron chi connectivity index (χ2n) is 5.15. The fourth-order valence-corrected chi connectivity index (χ4v) is 3.47. The van der Waals surface area contributed by atoms with E-state index < -0.39 is 11.9 Å². The minimum atomic E-state index is -4.42. The maximum absolute atomic E-state index is 12.6. The molecule has 22 heavy (non-hydrogen) atoms. The fraction of sp³-hybridized carbons (Fsp3) is 0.462. The highest BCUT2D eigenvalue weighted by atomic mass is 32.1. The lowest BCUT2D eigenvalue weighted by Gasteiger charge is -2.31. The Balaban J connectivity index is 1.73. The molecular formula is C13H13F3N4OS. The number of amides is 1. The van der Waals surface area contributed by atoms with Crippen LogP contribution in [0.25, 0.3) is 0 Å². The number of likely N-dealkylation sites (tertiary alicyclic amines) is 1. The van der Waals surface area contributed by atoms with Gasteiger partial charge in [-0.3, -0.25) is 9.89 Å². The van der Waals surface area contributed by atoms with Crippen LogP contribution in [-0.4, -0.2) is 39.1 Å². The van der Waals surface area contributed by atoms with E-state index in [2.05, 4.69) is 15.2 Å². The number of hydrogen-bond donors (Lipinski definition) is 1. The normalized spacial score (nSPS) is 19.4. The molecule has 0 spiro atoms. The number of rotatable bonds is 2.